The van der Waals surface area contributed by atoms with Crippen molar-refractivity contribution in [2.45, 2.75) is 19.4 Å². The molecule has 0 aliphatic rings. The second-order valence-corrected chi connectivity index (χ2v) is 7.41. The fraction of sp³-hybridized carbons (Fsp3) is 0.217. The highest BCUT2D eigenvalue weighted by atomic mass is 35.5. The molecule has 0 amide bonds. The molecule has 0 spiro atoms. The number of hydrogen-bond donors (Lipinski definition) is 1. The van der Waals surface area contributed by atoms with Gasteiger partial charge in [0.25, 0.3) is 0 Å². The van der Waals surface area contributed by atoms with Crippen molar-refractivity contribution in [2.75, 3.05) is 13.7 Å². The van der Waals surface area contributed by atoms with E-state index >= 15 is 0 Å². The van der Waals surface area contributed by atoms with Crippen molar-refractivity contribution in [2.24, 2.45) is 0 Å². The largest absolute Gasteiger partial charge is 1.00 e. The highest BCUT2D eigenvalue weighted by molar-refractivity contribution is 7.11. The van der Waals surface area contributed by atoms with E-state index in [0.29, 0.717) is 6.04 Å². The summed E-state index contributed by atoms with van der Waals surface area (Å²) in [5.74, 6) is 0.914. The molecule has 0 saturated carbocycles. The highest BCUT2D eigenvalue weighted by Crippen LogP contribution is 2.26. The Balaban J connectivity index is 0.00000261. The minimum absolute atomic E-state index is 0. The van der Waals surface area contributed by atoms with Crippen molar-refractivity contribution in [3.05, 3.63) is 94.2 Å². The monoisotopic (exact) mass is 399 g/mol. The van der Waals surface area contributed by atoms with Crippen LogP contribution in [0.5, 0.6) is 5.75 Å². The third-order valence-electron chi connectivity index (χ3n) is 4.45. The second kappa shape index (κ2) is 10.9. The lowest BCUT2D eigenvalue weighted by Gasteiger charge is -2.11. The SMILES string of the molecule is COc1ccc(CC(C)[NH2+]C/C=C(/c2ccccc2)c2cccs2)cc1.[Cl-]. The molecule has 2 nitrogen and oxygen atoms in total. The Hall–Kier alpha value is -2.07. The van der Waals surface area contributed by atoms with Crippen LogP contribution in [0.2, 0.25) is 0 Å². The molecule has 0 saturated heterocycles. The van der Waals surface area contributed by atoms with E-state index in [1.165, 1.54) is 21.6 Å². The van der Waals surface area contributed by atoms with Crippen LogP contribution < -0.4 is 22.5 Å². The lowest BCUT2D eigenvalue weighted by molar-refractivity contribution is -0.677. The van der Waals surface area contributed by atoms with Gasteiger partial charge in [-0.25, -0.2) is 0 Å². The van der Waals surface area contributed by atoms with Crippen molar-refractivity contribution in [3.63, 3.8) is 0 Å². The third kappa shape index (κ3) is 6.24. The van der Waals surface area contributed by atoms with Gasteiger partial charge in [0.15, 0.2) is 0 Å². The molecule has 3 rings (SSSR count). The van der Waals surface area contributed by atoms with Crippen LogP contribution in [0.15, 0.2) is 78.2 Å². The fourth-order valence-corrected chi connectivity index (χ4v) is 3.83. The first-order valence-corrected chi connectivity index (χ1v) is 9.90. The number of hydrogen-bond acceptors (Lipinski definition) is 2. The molecular formula is C23H26ClNOS. The van der Waals surface area contributed by atoms with Crippen molar-refractivity contribution in [1.29, 1.82) is 0 Å². The molecule has 1 heterocycles. The smallest absolute Gasteiger partial charge is 0.118 e. The number of thiophene rings is 1. The van der Waals surface area contributed by atoms with Crippen LogP contribution in [-0.4, -0.2) is 19.7 Å². The molecular weight excluding hydrogens is 374 g/mol. The molecule has 1 atom stereocenters. The van der Waals surface area contributed by atoms with Crippen LogP contribution in [0, 0.1) is 0 Å². The van der Waals surface area contributed by atoms with Crippen LogP contribution in [-0.2, 0) is 6.42 Å². The Morgan fingerprint density at radius 2 is 1.78 bits per heavy atom. The number of methoxy groups -OCH3 is 1. The summed E-state index contributed by atoms with van der Waals surface area (Å²) in [5, 5.41) is 4.54. The molecule has 0 bridgehead atoms. The molecule has 0 aliphatic heterocycles. The van der Waals surface area contributed by atoms with Gasteiger partial charge in [0, 0.05) is 16.9 Å². The van der Waals surface area contributed by atoms with Crippen LogP contribution in [0.25, 0.3) is 5.57 Å². The first kappa shape index (κ1) is 21.2. The van der Waals surface area contributed by atoms with Gasteiger partial charge in [0.2, 0.25) is 0 Å². The standard InChI is InChI=1S/C23H25NOS.ClH/c1-18(17-19-10-12-21(25-2)13-11-19)24-15-14-22(23-9-6-16-26-23)20-7-4-3-5-8-20;/h3-14,16,18,24H,15,17H2,1-2H3;1H/b22-14-;. The van der Waals surface area contributed by atoms with E-state index in [1.807, 2.05) is 12.1 Å². The predicted molar refractivity (Wildman–Crippen MR) is 111 cm³/mol. The average Bonchev–Trinajstić information content (AvgIpc) is 3.21. The van der Waals surface area contributed by atoms with Gasteiger partial charge in [-0.2, -0.15) is 0 Å². The van der Waals surface area contributed by atoms with E-state index in [1.54, 1.807) is 18.4 Å². The highest BCUT2D eigenvalue weighted by Gasteiger charge is 2.09. The van der Waals surface area contributed by atoms with Crippen molar-refractivity contribution < 1.29 is 22.5 Å². The molecule has 27 heavy (non-hydrogen) atoms. The van der Waals surface area contributed by atoms with E-state index in [4.69, 9.17) is 4.74 Å². The minimum Gasteiger partial charge on any atom is -1.00 e. The maximum absolute atomic E-state index is 5.23. The maximum atomic E-state index is 5.23. The molecule has 1 aromatic heterocycles. The Bertz CT molecular complexity index is 813. The minimum atomic E-state index is 0. The van der Waals surface area contributed by atoms with Gasteiger partial charge in [0.05, 0.1) is 19.7 Å². The summed E-state index contributed by atoms with van der Waals surface area (Å²) in [6, 6.07) is 23.9. The molecule has 2 N–H and O–H groups in total. The predicted octanol–water partition coefficient (Wildman–Crippen LogP) is 1.39. The Labute approximate surface area is 172 Å². The Kier molecular flexibility index (Phi) is 8.59. The lowest BCUT2D eigenvalue weighted by Crippen LogP contribution is -3.00. The average molecular weight is 400 g/mol. The molecule has 2 aromatic carbocycles. The summed E-state index contributed by atoms with van der Waals surface area (Å²) in [4.78, 5) is 1.33. The zero-order valence-electron chi connectivity index (χ0n) is 15.8. The van der Waals surface area contributed by atoms with Crippen molar-refractivity contribution in [1.82, 2.24) is 0 Å². The van der Waals surface area contributed by atoms with Crippen LogP contribution >= 0.6 is 11.3 Å². The van der Waals surface area contributed by atoms with E-state index in [2.05, 4.69) is 78.3 Å². The first-order chi connectivity index (χ1) is 12.8. The van der Waals surface area contributed by atoms with Crippen molar-refractivity contribution in [3.8, 4) is 5.75 Å². The zero-order valence-corrected chi connectivity index (χ0v) is 17.3. The second-order valence-electron chi connectivity index (χ2n) is 6.46. The summed E-state index contributed by atoms with van der Waals surface area (Å²) in [7, 11) is 1.70. The summed E-state index contributed by atoms with van der Waals surface area (Å²) >= 11 is 1.80. The van der Waals surface area contributed by atoms with E-state index < -0.39 is 0 Å². The normalized spacial score (nSPS) is 12.3. The Morgan fingerprint density at radius 1 is 1.04 bits per heavy atom. The number of halogens is 1. The lowest BCUT2D eigenvalue weighted by atomic mass is 10.0. The molecule has 3 aromatic rings. The molecule has 0 radical (unpaired) electrons. The fourth-order valence-electron chi connectivity index (χ4n) is 3.05. The van der Waals surface area contributed by atoms with Gasteiger partial charge >= 0.3 is 0 Å². The zero-order chi connectivity index (χ0) is 18.2. The van der Waals surface area contributed by atoms with E-state index in [9.17, 15) is 0 Å². The van der Waals surface area contributed by atoms with Crippen molar-refractivity contribution >= 4 is 16.9 Å². The van der Waals surface area contributed by atoms with E-state index in [0.717, 1.165) is 18.7 Å². The molecule has 0 fully saturated rings. The maximum Gasteiger partial charge on any atom is 0.118 e. The molecule has 4 heteroatoms. The number of quaternary nitrogens is 1. The van der Waals surface area contributed by atoms with Crippen LogP contribution in [0.1, 0.15) is 22.9 Å². The molecule has 142 valence electrons. The van der Waals surface area contributed by atoms with Gasteiger partial charge in [-0.3, -0.25) is 0 Å². The van der Waals surface area contributed by atoms with E-state index in [-0.39, 0.29) is 12.4 Å². The topological polar surface area (TPSA) is 25.8 Å². The summed E-state index contributed by atoms with van der Waals surface area (Å²) < 4.78 is 5.23. The van der Waals surface area contributed by atoms with Crippen LogP contribution in [0.4, 0.5) is 0 Å². The number of ether oxygens (including phenoxy) is 1. The summed E-state index contributed by atoms with van der Waals surface area (Å²) in [6.45, 7) is 3.25. The molecule has 0 aliphatic carbocycles. The first-order valence-electron chi connectivity index (χ1n) is 9.02. The third-order valence-corrected chi connectivity index (χ3v) is 5.35. The molecule has 1 unspecified atom stereocenters. The summed E-state index contributed by atoms with van der Waals surface area (Å²) in [6.07, 6.45) is 3.41. The number of nitrogens with two attached hydrogens (primary N) is 1. The van der Waals surface area contributed by atoms with Gasteiger partial charge in [-0.05, 0) is 47.7 Å². The Morgan fingerprint density at radius 3 is 2.41 bits per heavy atom. The summed E-state index contributed by atoms with van der Waals surface area (Å²) in [5.41, 5.74) is 3.96. The van der Waals surface area contributed by atoms with Gasteiger partial charge in [-0.15, -0.1) is 11.3 Å². The van der Waals surface area contributed by atoms with Crippen LogP contribution in [0.3, 0.4) is 0 Å². The van der Waals surface area contributed by atoms with Gasteiger partial charge in [-0.1, -0.05) is 48.5 Å². The van der Waals surface area contributed by atoms with Gasteiger partial charge < -0.3 is 22.5 Å². The van der Waals surface area contributed by atoms with Gasteiger partial charge in [0.1, 0.15) is 5.75 Å². The number of rotatable bonds is 8. The number of benzene rings is 2. The quantitative estimate of drug-likeness (QED) is 0.608.